The fraction of sp³-hybridized carbons (Fsp3) is 0.115. The van der Waals surface area contributed by atoms with E-state index in [1.165, 1.54) is 6.08 Å². The first-order valence-corrected chi connectivity index (χ1v) is 10.7. The zero-order valence-corrected chi connectivity index (χ0v) is 18.8. The second-order valence-corrected chi connectivity index (χ2v) is 8.17. The number of anilines is 1. The first kappa shape index (κ1) is 22.3. The molecule has 1 aliphatic rings. The number of urea groups is 1. The molecule has 0 saturated carbocycles. The third kappa shape index (κ3) is 4.96. The molecule has 0 spiro atoms. The van der Waals surface area contributed by atoms with Crippen LogP contribution in [-0.4, -0.2) is 17.8 Å². The molecule has 0 unspecified atom stereocenters. The van der Waals surface area contributed by atoms with Gasteiger partial charge in [-0.05, 0) is 60.9 Å². The molecule has 0 aliphatic carbocycles. The van der Waals surface area contributed by atoms with Crippen molar-refractivity contribution in [1.82, 2.24) is 5.32 Å². The van der Waals surface area contributed by atoms with Gasteiger partial charge in [-0.3, -0.25) is 14.9 Å². The third-order valence-corrected chi connectivity index (χ3v) is 5.44. The molecule has 1 aliphatic heterocycles. The van der Waals surface area contributed by atoms with Crippen LogP contribution < -0.4 is 15.0 Å². The van der Waals surface area contributed by atoms with Gasteiger partial charge in [-0.2, -0.15) is 0 Å². The van der Waals surface area contributed by atoms with Gasteiger partial charge in [-0.25, -0.2) is 9.69 Å². The molecule has 3 aromatic carbocycles. The van der Waals surface area contributed by atoms with Crippen molar-refractivity contribution in [2.24, 2.45) is 0 Å². The molecule has 0 radical (unpaired) electrons. The molecule has 0 bridgehead atoms. The van der Waals surface area contributed by atoms with Gasteiger partial charge in [0, 0.05) is 0 Å². The summed E-state index contributed by atoms with van der Waals surface area (Å²) < 4.78 is 5.80. The lowest BCUT2D eigenvalue weighted by Crippen LogP contribution is -2.54. The third-order valence-electron chi connectivity index (χ3n) is 5.14. The maximum absolute atomic E-state index is 13.0. The van der Waals surface area contributed by atoms with Crippen LogP contribution in [-0.2, 0) is 16.2 Å². The van der Waals surface area contributed by atoms with Crippen LogP contribution in [0, 0.1) is 13.8 Å². The second-order valence-electron chi connectivity index (χ2n) is 7.76. The van der Waals surface area contributed by atoms with Crippen molar-refractivity contribution >= 4 is 41.2 Å². The van der Waals surface area contributed by atoms with Crippen LogP contribution in [0.5, 0.6) is 5.75 Å². The number of halogens is 1. The van der Waals surface area contributed by atoms with E-state index in [0.717, 1.165) is 21.6 Å². The zero-order chi connectivity index (χ0) is 23.5. The van der Waals surface area contributed by atoms with Crippen LogP contribution in [0.1, 0.15) is 22.3 Å². The van der Waals surface area contributed by atoms with E-state index in [-0.39, 0.29) is 5.57 Å². The molecule has 1 saturated heterocycles. The van der Waals surface area contributed by atoms with E-state index in [0.29, 0.717) is 28.6 Å². The van der Waals surface area contributed by atoms with Crippen molar-refractivity contribution in [2.75, 3.05) is 4.90 Å². The molecule has 0 aromatic heterocycles. The molecule has 7 heteroatoms. The van der Waals surface area contributed by atoms with Gasteiger partial charge < -0.3 is 4.74 Å². The summed E-state index contributed by atoms with van der Waals surface area (Å²) >= 11 is 6.37. The summed E-state index contributed by atoms with van der Waals surface area (Å²) in [4.78, 5) is 38.7. The summed E-state index contributed by atoms with van der Waals surface area (Å²) in [6, 6.07) is 19.1. The first-order valence-electron chi connectivity index (χ1n) is 10.3. The standard InChI is InChI=1S/C26H21ClN2O4/c1-16-6-8-18(9-7-16)15-33-23-11-10-19(14-22(23)27)13-21-24(30)28-26(32)29(25(21)31)20-5-3-4-17(2)12-20/h3-14H,15H2,1-2H3,(H,28,30,32)/b21-13+. The van der Waals surface area contributed by atoms with Gasteiger partial charge in [-0.1, -0.05) is 59.6 Å². The first-order chi connectivity index (χ1) is 15.8. The van der Waals surface area contributed by atoms with E-state index in [9.17, 15) is 14.4 Å². The van der Waals surface area contributed by atoms with E-state index < -0.39 is 17.8 Å². The summed E-state index contributed by atoms with van der Waals surface area (Å²) in [5.41, 5.74) is 3.80. The van der Waals surface area contributed by atoms with Gasteiger partial charge in [-0.15, -0.1) is 0 Å². The minimum Gasteiger partial charge on any atom is -0.487 e. The maximum Gasteiger partial charge on any atom is 0.335 e. The summed E-state index contributed by atoms with van der Waals surface area (Å²) in [6.07, 6.45) is 1.41. The average molecular weight is 461 g/mol. The summed E-state index contributed by atoms with van der Waals surface area (Å²) in [5, 5.41) is 2.56. The number of barbiturate groups is 1. The molecule has 1 N–H and O–H groups in total. The van der Waals surface area contributed by atoms with E-state index in [4.69, 9.17) is 16.3 Å². The average Bonchev–Trinajstić information content (AvgIpc) is 2.77. The normalized spacial score (nSPS) is 15.1. The molecule has 1 heterocycles. The molecular formula is C26H21ClN2O4. The Kier molecular flexibility index (Phi) is 6.29. The Hall–Kier alpha value is -3.90. The largest absolute Gasteiger partial charge is 0.487 e. The summed E-state index contributed by atoms with van der Waals surface area (Å²) in [5.74, 6) is -0.981. The fourth-order valence-electron chi connectivity index (χ4n) is 3.39. The highest BCUT2D eigenvalue weighted by Crippen LogP contribution is 2.28. The van der Waals surface area contributed by atoms with Crippen LogP contribution in [0.4, 0.5) is 10.5 Å². The lowest BCUT2D eigenvalue weighted by atomic mass is 10.1. The number of rotatable bonds is 5. The lowest BCUT2D eigenvalue weighted by Gasteiger charge is -2.26. The fourth-order valence-corrected chi connectivity index (χ4v) is 3.64. The van der Waals surface area contributed by atoms with Gasteiger partial charge in [0.1, 0.15) is 17.9 Å². The van der Waals surface area contributed by atoms with Crippen LogP contribution in [0.25, 0.3) is 6.08 Å². The number of nitrogens with zero attached hydrogens (tertiary/aromatic N) is 1. The van der Waals surface area contributed by atoms with Crippen LogP contribution in [0.3, 0.4) is 0 Å². The molecule has 4 rings (SSSR count). The Morgan fingerprint density at radius 1 is 0.939 bits per heavy atom. The number of hydrogen-bond donors (Lipinski definition) is 1. The van der Waals surface area contributed by atoms with Gasteiger partial charge in [0.25, 0.3) is 11.8 Å². The van der Waals surface area contributed by atoms with Gasteiger partial charge >= 0.3 is 6.03 Å². The highest BCUT2D eigenvalue weighted by Gasteiger charge is 2.36. The number of amides is 4. The SMILES string of the molecule is Cc1ccc(COc2ccc(/C=C3\C(=O)NC(=O)N(c4cccc(C)c4)C3=O)cc2Cl)cc1. The molecule has 4 amide bonds. The number of benzene rings is 3. The van der Waals surface area contributed by atoms with Crippen molar-refractivity contribution in [3.8, 4) is 5.75 Å². The summed E-state index contributed by atoms with van der Waals surface area (Å²) in [7, 11) is 0. The Morgan fingerprint density at radius 3 is 2.39 bits per heavy atom. The Balaban J connectivity index is 1.56. The highest BCUT2D eigenvalue weighted by atomic mass is 35.5. The molecule has 6 nitrogen and oxygen atoms in total. The molecule has 0 atom stereocenters. The maximum atomic E-state index is 13.0. The number of carbonyl (C=O) groups is 3. The number of nitrogens with one attached hydrogen (secondary N) is 1. The van der Waals surface area contributed by atoms with Gasteiger partial charge in [0.2, 0.25) is 0 Å². The van der Waals surface area contributed by atoms with Crippen LogP contribution >= 0.6 is 11.6 Å². The number of carbonyl (C=O) groups excluding carboxylic acids is 3. The van der Waals surface area contributed by atoms with Gasteiger partial charge in [0.05, 0.1) is 10.7 Å². The van der Waals surface area contributed by atoms with Crippen molar-refractivity contribution in [2.45, 2.75) is 20.5 Å². The molecular weight excluding hydrogens is 440 g/mol. The quantitative estimate of drug-likeness (QED) is 0.419. The second kappa shape index (κ2) is 9.30. The summed E-state index contributed by atoms with van der Waals surface area (Å²) in [6.45, 7) is 4.22. The molecule has 1 fully saturated rings. The van der Waals surface area contributed by atoms with Crippen molar-refractivity contribution in [1.29, 1.82) is 0 Å². The van der Waals surface area contributed by atoms with E-state index in [1.807, 2.05) is 44.2 Å². The van der Waals surface area contributed by atoms with E-state index >= 15 is 0 Å². The number of imide groups is 2. The van der Waals surface area contributed by atoms with E-state index in [1.54, 1.807) is 36.4 Å². The lowest BCUT2D eigenvalue weighted by molar-refractivity contribution is -0.122. The minimum atomic E-state index is -0.786. The highest BCUT2D eigenvalue weighted by molar-refractivity contribution is 6.39. The van der Waals surface area contributed by atoms with Crippen molar-refractivity contribution < 1.29 is 19.1 Å². The monoisotopic (exact) mass is 460 g/mol. The Bertz CT molecular complexity index is 1280. The smallest absolute Gasteiger partial charge is 0.335 e. The van der Waals surface area contributed by atoms with Crippen molar-refractivity contribution in [3.05, 3.63) is 99.6 Å². The van der Waals surface area contributed by atoms with Crippen LogP contribution in [0.15, 0.2) is 72.3 Å². The predicted molar refractivity (Wildman–Crippen MR) is 127 cm³/mol. The zero-order valence-electron chi connectivity index (χ0n) is 18.1. The van der Waals surface area contributed by atoms with Crippen molar-refractivity contribution in [3.63, 3.8) is 0 Å². The number of ether oxygens (including phenoxy) is 1. The van der Waals surface area contributed by atoms with Gasteiger partial charge in [0.15, 0.2) is 0 Å². The van der Waals surface area contributed by atoms with Crippen LogP contribution in [0.2, 0.25) is 5.02 Å². The molecule has 166 valence electrons. The minimum absolute atomic E-state index is 0.166. The molecule has 3 aromatic rings. The number of hydrogen-bond acceptors (Lipinski definition) is 4. The Morgan fingerprint density at radius 2 is 1.70 bits per heavy atom. The molecule has 33 heavy (non-hydrogen) atoms. The Labute approximate surface area is 196 Å². The number of aryl methyl sites for hydroxylation is 2. The topological polar surface area (TPSA) is 75.7 Å². The predicted octanol–water partition coefficient (Wildman–Crippen LogP) is 5.20. The van der Waals surface area contributed by atoms with E-state index in [2.05, 4.69) is 5.32 Å².